The Balaban J connectivity index is 1.57. The average molecular weight is 314 g/mol. The quantitative estimate of drug-likeness (QED) is 0.673. The molecule has 6 nitrogen and oxygen atoms in total. The van der Waals surface area contributed by atoms with Crippen molar-refractivity contribution in [1.29, 1.82) is 0 Å². The minimum absolute atomic E-state index is 0.0268. The van der Waals surface area contributed by atoms with Crippen molar-refractivity contribution in [1.82, 2.24) is 10.2 Å². The highest BCUT2D eigenvalue weighted by Crippen LogP contribution is 2.33. The number of nitrogens with zero attached hydrogens (tertiary/aromatic N) is 1. The molecular formula is C17H18N2O4. The van der Waals surface area contributed by atoms with Crippen LogP contribution in [0.5, 0.6) is 11.5 Å². The molecule has 6 heteroatoms. The lowest BCUT2D eigenvalue weighted by Crippen LogP contribution is -2.41. The van der Waals surface area contributed by atoms with Crippen LogP contribution in [0.4, 0.5) is 4.79 Å². The third kappa shape index (κ3) is 2.54. The number of carbonyl (C=O) groups is 2. The molecule has 1 saturated carbocycles. The first-order valence-electron chi connectivity index (χ1n) is 7.98. The molecule has 3 aliphatic rings. The number of ether oxygens (including phenoxy) is 2. The molecular weight excluding hydrogens is 296 g/mol. The molecule has 23 heavy (non-hydrogen) atoms. The van der Waals surface area contributed by atoms with E-state index in [9.17, 15) is 9.59 Å². The first-order valence-corrected chi connectivity index (χ1v) is 7.98. The maximum atomic E-state index is 12.6. The Labute approximate surface area is 134 Å². The number of urea groups is 1. The van der Waals surface area contributed by atoms with Crippen LogP contribution in [0.15, 0.2) is 23.9 Å². The van der Waals surface area contributed by atoms with Crippen LogP contribution in [0.1, 0.15) is 37.7 Å². The van der Waals surface area contributed by atoms with E-state index in [1.165, 1.54) is 11.3 Å². The van der Waals surface area contributed by atoms with Crippen LogP contribution in [0, 0.1) is 0 Å². The van der Waals surface area contributed by atoms with Gasteiger partial charge in [-0.3, -0.25) is 9.69 Å². The number of hydrogen-bond acceptors (Lipinski definition) is 4. The fraction of sp³-hybridized carbons (Fsp3) is 0.412. The summed E-state index contributed by atoms with van der Waals surface area (Å²) in [5.74, 6) is 1.11. The van der Waals surface area contributed by atoms with Gasteiger partial charge in [0.25, 0.3) is 5.91 Å². The van der Waals surface area contributed by atoms with Gasteiger partial charge in [-0.05, 0) is 36.6 Å². The van der Waals surface area contributed by atoms with Crippen molar-refractivity contribution in [3.05, 3.63) is 29.5 Å². The fourth-order valence-electron chi connectivity index (χ4n) is 3.39. The summed E-state index contributed by atoms with van der Waals surface area (Å²) in [7, 11) is 0. The van der Waals surface area contributed by atoms with Crippen LogP contribution in [0.3, 0.4) is 0 Å². The van der Waals surface area contributed by atoms with Crippen molar-refractivity contribution >= 4 is 18.0 Å². The summed E-state index contributed by atoms with van der Waals surface area (Å²) in [6, 6.07) is 5.16. The zero-order chi connectivity index (χ0) is 15.8. The highest BCUT2D eigenvalue weighted by molar-refractivity contribution is 6.14. The van der Waals surface area contributed by atoms with Crippen molar-refractivity contribution < 1.29 is 19.1 Å². The maximum Gasteiger partial charge on any atom is 0.329 e. The van der Waals surface area contributed by atoms with E-state index in [1.54, 1.807) is 18.2 Å². The van der Waals surface area contributed by atoms with E-state index in [1.807, 2.05) is 6.07 Å². The number of rotatable bonds is 2. The Morgan fingerprint density at radius 3 is 2.70 bits per heavy atom. The number of hydrogen-bond donors (Lipinski definition) is 1. The van der Waals surface area contributed by atoms with Gasteiger partial charge in [0.1, 0.15) is 5.70 Å². The van der Waals surface area contributed by atoms with Gasteiger partial charge in [-0.25, -0.2) is 4.79 Å². The summed E-state index contributed by atoms with van der Waals surface area (Å²) in [5, 5.41) is 2.69. The van der Waals surface area contributed by atoms with Gasteiger partial charge < -0.3 is 14.8 Å². The van der Waals surface area contributed by atoms with Gasteiger partial charge >= 0.3 is 6.03 Å². The zero-order valence-corrected chi connectivity index (χ0v) is 12.7. The number of carbonyl (C=O) groups excluding carboxylic acids is 2. The zero-order valence-electron chi connectivity index (χ0n) is 12.7. The highest BCUT2D eigenvalue weighted by atomic mass is 16.7. The highest BCUT2D eigenvalue weighted by Gasteiger charge is 2.38. The van der Waals surface area contributed by atoms with Gasteiger partial charge in [-0.15, -0.1) is 0 Å². The molecule has 0 unspecified atom stereocenters. The lowest BCUT2D eigenvalue weighted by Gasteiger charge is -2.28. The molecule has 1 saturated heterocycles. The minimum atomic E-state index is -0.311. The number of fused-ring (bicyclic) bond motifs is 1. The molecule has 1 aliphatic carbocycles. The summed E-state index contributed by atoms with van der Waals surface area (Å²) in [6.45, 7) is 0.209. The predicted molar refractivity (Wildman–Crippen MR) is 82.8 cm³/mol. The molecule has 2 fully saturated rings. The van der Waals surface area contributed by atoms with Crippen LogP contribution in [-0.2, 0) is 4.79 Å². The SMILES string of the molecule is O=C1N/C(=C\c2ccc3c(c2)OCO3)C(=O)N1C1CCCCC1. The Kier molecular flexibility index (Phi) is 3.44. The van der Waals surface area contributed by atoms with Gasteiger partial charge in [0.15, 0.2) is 11.5 Å². The maximum absolute atomic E-state index is 12.6. The van der Waals surface area contributed by atoms with E-state index < -0.39 is 0 Å². The molecule has 2 aliphatic heterocycles. The molecule has 1 aromatic carbocycles. The molecule has 0 bridgehead atoms. The fourth-order valence-corrected chi connectivity index (χ4v) is 3.39. The van der Waals surface area contributed by atoms with Crippen LogP contribution in [0.25, 0.3) is 6.08 Å². The second-order valence-corrected chi connectivity index (χ2v) is 6.07. The Hall–Kier alpha value is -2.50. The van der Waals surface area contributed by atoms with Crippen LogP contribution in [0.2, 0.25) is 0 Å². The molecule has 4 rings (SSSR count). The van der Waals surface area contributed by atoms with E-state index in [4.69, 9.17) is 9.47 Å². The monoisotopic (exact) mass is 314 g/mol. The summed E-state index contributed by atoms with van der Waals surface area (Å²) in [6.07, 6.45) is 6.81. The molecule has 120 valence electrons. The number of benzene rings is 1. The number of imide groups is 1. The molecule has 2 heterocycles. The lowest BCUT2D eigenvalue weighted by atomic mass is 9.94. The van der Waals surface area contributed by atoms with Gasteiger partial charge in [0.2, 0.25) is 6.79 Å². The largest absolute Gasteiger partial charge is 0.454 e. The van der Waals surface area contributed by atoms with Crippen molar-refractivity contribution in [2.45, 2.75) is 38.1 Å². The summed E-state index contributed by atoms with van der Waals surface area (Å²) >= 11 is 0. The predicted octanol–water partition coefficient (Wildman–Crippen LogP) is 2.64. The lowest BCUT2D eigenvalue weighted by molar-refractivity contribution is -0.124. The van der Waals surface area contributed by atoms with E-state index in [0.717, 1.165) is 31.2 Å². The molecule has 1 N–H and O–H groups in total. The second-order valence-electron chi connectivity index (χ2n) is 6.07. The Morgan fingerprint density at radius 1 is 1.09 bits per heavy atom. The molecule has 0 radical (unpaired) electrons. The van der Waals surface area contributed by atoms with E-state index in [2.05, 4.69) is 5.32 Å². The minimum Gasteiger partial charge on any atom is -0.454 e. The third-order valence-electron chi connectivity index (χ3n) is 4.56. The number of nitrogens with one attached hydrogen (secondary N) is 1. The van der Waals surface area contributed by atoms with E-state index in [0.29, 0.717) is 17.2 Å². The molecule has 3 amide bonds. The van der Waals surface area contributed by atoms with Crippen molar-refractivity contribution in [2.75, 3.05) is 6.79 Å². The second kappa shape index (κ2) is 5.61. The van der Waals surface area contributed by atoms with Crippen molar-refractivity contribution in [2.24, 2.45) is 0 Å². The topological polar surface area (TPSA) is 67.9 Å². The number of amides is 3. The van der Waals surface area contributed by atoms with Gasteiger partial charge in [-0.2, -0.15) is 0 Å². The normalized spacial score (nSPS) is 22.8. The Morgan fingerprint density at radius 2 is 1.87 bits per heavy atom. The van der Waals surface area contributed by atoms with Crippen LogP contribution < -0.4 is 14.8 Å². The van der Waals surface area contributed by atoms with Crippen molar-refractivity contribution in [3.63, 3.8) is 0 Å². The molecule has 0 spiro atoms. The third-order valence-corrected chi connectivity index (χ3v) is 4.56. The van der Waals surface area contributed by atoms with Gasteiger partial charge in [0.05, 0.1) is 0 Å². The summed E-state index contributed by atoms with van der Waals surface area (Å²) < 4.78 is 10.6. The first-order chi connectivity index (χ1) is 11.2. The van der Waals surface area contributed by atoms with Crippen LogP contribution >= 0.6 is 0 Å². The average Bonchev–Trinajstić information content (AvgIpc) is 3.13. The standard InChI is InChI=1S/C17H18N2O4/c20-16-13(8-11-6-7-14-15(9-11)23-10-22-14)18-17(21)19(16)12-4-2-1-3-5-12/h6-9,12H,1-5,10H2,(H,18,21)/b13-8-. The molecule has 0 aromatic heterocycles. The molecule has 0 atom stereocenters. The van der Waals surface area contributed by atoms with Crippen molar-refractivity contribution in [3.8, 4) is 11.5 Å². The summed E-state index contributed by atoms with van der Waals surface area (Å²) in [4.78, 5) is 26.1. The van der Waals surface area contributed by atoms with Gasteiger partial charge in [0, 0.05) is 6.04 Å². The smallest absolute Gasteiger partial charge is 0.329 e. The van der Waals surface area contributed by atoms with E-state index in [-0.39, 0.29) is 24.8 Å². The van der Waals surface area contributed by atoms with Crippen LogP contribution in [-0.4, -0.2) is 29.7 Å². The van der Waals surface area contributed by atoms with E-state index >= 15 is 0 Å². The molecule has 1 aromatic rings. The first kappa shape index (κ1) is 14.1. The Bertz CT molecular complexity index is 692. The van der Waals surface area contributed by atoms with Gasteiger partial charge in [-0.1, -0.05) is 25.3 Å². The summed E-state index contributed by atoms with van der Waals surface area (Å²) in [5.41, 5.74) is 1.11.